The van der Waals surface area contributed by atoms with Crippen LogP contribution in [0.2, 0.25) is 0 Å². The Morgan fingerprint density at radius 3 is 2.41 bits per heavy atom. The summed E-state index contributed by atoms with van der Waals surface area (Å²) in [7, 11) is 0. The highest BCUT2D eigenvalue weighted by Gasteiger charge is 2.46. The van der Waals surface area contributed by atoms with Crippen LogP contribution in [0.5, 0.6) is 5.75 Å². The van der Waals surface area contributed by atoms with E-state index in [2.05, 4.69) is 27.7 Å². The summed E-state index contributed by atoms with van der Waals surface area (Å²) in [5, 5.41) is 10.2. The zero-order chi connectivity index (χ0) is 12.7. The van der Waals surface area contributed by atoms with Gasteiger partial charge in [-0.3, -0.25) is 0 Å². The summed E-state index contributed by atoms with van der Waals surface area (Å²) < 4.78 is 6.06. The molecular formula is C14H20O2S. The summed E-state index contributed by atoms with van der Waals surface area (Å²) in [6, 6.07) is 7.49. The lowest BCUT2D eigenvalue weighted by molar-refractivity contribution is -0.0631. The fraction of sp³-hybridized carbons (Fsp3) is 0.571. The number of phenols is 1. The lowest BCUT2D eigenvalue weighted by Crippen LogP contribution is -2.30. The summed E-state index contributed by atoms with van der Waals surface area (Å²) in [6.07, 6.45) is 0.999. The van der Waals surface area contributed by atoms with Gasteiger partial charge in [0.1, 0.15) is 5.75 Å². The van der Waals surface area contributed by atoms with Gasteiger partial charge in [-0.15, -0.1) is 11.8 Å². The molecule has 1 N–H and O–H groups in total. The van der Waals surface area contributed by atoms with Crippen molar-refractivity contribution in [2.45, 2.75) is 55.5 Å². The molecule has 1 aliphatic heterocycles. The highest BCUT2D eigenvalue weighted by Crippen LogP contribution is 2.47. The summed E-state index contributed by atoms with van der Waals surface area (Å²) in [6.45, 7) is 8.50. The normalized spacial score (nSPS) is 26.0. The predicted octanol–water partition coefficient (Wildman–Crippen LogP) is 3.83. The molecule has 1 unspecified atom stereocenters. The van der Waals surface area contributed by atoms with Crippen LogP contribution in [0.15, 0.2) is 29.2 Å². The summed E-state index contributed by atoms with van der Waals surface area (Å²) in [5.74, 6) is 0.359. The maximum absolute atomic E-state index is 9.81. The van der Waals surface area contributed by atoms with Crippen LogP contribution in [0.25, 0.3) is 0 Å². The Bertz CT molecular complexity index is 412. The Kier molecular flexibility index (Phi) is 3.17. The molecule has 0 amide bonds. The van der Waals surface area contributed by atoms with Gasteiger partial charge < -0.3 is 9.84 Å². The van der Waals surface area contributed by atoms with Crippen LogP contribution in [-0.4, -0.2) is 21.6 Å². The van der Waals surface area contributed by atoms with Gasteiger partial charge in [-0.25, -0.2) is 0 Å². The average molecular weight is 252 g/mol. The molecule has 0 saturated carbocycles. The summed E-state index contributed by atoms with van der Waals surface area (Å²) in [5.41, 5.74) is -0.234. The van der Waals surface area contributed by atoms with Crippen LogP contribution < -0.4 is 0 Å². The molecule has 17 heavy (non-hydrogen) atoms. The Hall–Kier alpha value is -0.670. The van der Waals surface area contributed by atoms with Crippen LogP contribution in [0.4, 0.5) is 0 Å². The largest absolute Gasteiger partial charge is 0.507 e. The van der Waals surface area contributed by atoms with Crippen molar-refractivity contribution in [1.29, 1.82) is 0 Å². The number of para-hydroxylation sites is 1. The predicted molar refractivity (Wildman–Crippen MR) is 71.6 cm³/mol. The number of benzene rings is 1. The first kappa shape index (κ1) is 12.8. The van der Waals surface area contributed by atoms with Gasteiger partial charge >= 0.3 is 0 Å². The zero-order valence-electron chi connectivity index (χ0n) is 10.9. The number of ether oxygens (including phenoxy) is 1. The lowest BCUT2D eigenvalue weighted by atomic mass is 10.0. The summed E-state index contributed by atoms with van der Waals surface area (Å²) >= 11 is 1.71. The molecule has 0 bridgehead atoms. The number of hydrogen-bond donors (Lipinski definition) is 1. The molecule has 1 aromatic carbocycles. The Balaban J connectivity index is 2.17. The first-order valence-corrected chi connectivity index (χ1v) is 6.83. The van der Waals surface area contributed by atoms with E-state index in [-0.39, 0.29) is 11.2 Å². The van der Waals surface area contributed by atoms with Crippen molar-refractivity contribution in [2.24, 2.45) is 0 Å². The third-order valence-corrected chi connectivity index (χ3v) is 4.74. The van der Waals surface area contributed by atoms with Gasteiger partial charge in [0.25, 0.3) is 0 Å². The quantitative estimate of drug-likeness (QED) is 0.867. The second-order valence-electron chi connectivity index (χ2n) is 5.74. The maximum Gasteiger partial charge on any atom is 0.129 e. The third-order valence-electron chi connectivity index (χ3n) is 3.13. The van der Waals surface area contributed by atoms with Crippen LogP contribution in [0.3, 0.4) is 0 Å². The van der Waals surface area contributed by atoms with Crippen LogP contribution >= 0.6 is 11.8 Å². The molecule has 0 aromatic heterocycles. The fourth-order valence-electron chi connectivity index (χ4n) is 2.41. The number of hydrogen-bond acceptors (Lipinski definition) is 3. The average Bonchev–Trinajstić information content (AvgIpc) is 2.38. The monoisotopic (exact) mass is 252 g/mol. The number of aromatic hydroxyl groups is 1. The van der Waals surface area contributed by atoms with Gasteiger partial charge in [-0.2, -0.15) is 0 Å². The van der Waals surface area contributed by atoms with E-state index in [0.717, 1.165) is 11.3 Å². The van der Waals surface area contributed by atoms with E-state index in [1.807, 2.05) is 18.2 Å². The van der Waals surface area contributed by atoms with Crippen molar-refractivity contribution in [2.75, 3.05) is 0 Å². The first-order chi connectivity index (χ1) is 7.80. The maximum atomic E-state index is 9.81. The minimum Gasteiger partial charge on any atom is -0.507 e. The van der Waals surface area contributed by atoms with Gasteiger partial charge in [-0.1, -0.05) is 12.1 Å². The first-order valence-electron chi connectivity index (χ1n) is 5.95. The molecule has 1 aromatic rings. The van der Waals surface area contributed by atoms with Gasteiger partial charge in [0.2, 0.25) is 0 Å². The van der Waals surface area contributed by atoms with Gasteiger partial charge in [0.15, 0.2) is 0 Å². The minimum atomic E-state index is -0.156. The Morgan fingerprint density at radius 1 is 1.24 bits per heavy atom. The SMILES string of the molecule is CC1(C)CC(Sc2ccccc2O)C(C)(C)O1. The standard InChI is InChI=1S/C14H20O2S/c1-13(2)9-12(14(3,4)16-13)17-11-8-6-5-7-10(11)15/h5-8,12,15H,9H2,1-4H3. The molecule has 94 valence electrons. The number of thioether (sulfide) groups is 1. The van der Waals surface area contributed by atoms with Crippen molar-refractivity contribution >= 4 is 11.8 Å². The van der Waals surface area contributed by atoms with Gasteiger partial charge in [-0.05, 0) is 46.2 Å². The lowest BCUT2D eigenvalue weighted by Gasteiger charge is -2.27. The van der Waals surface area contributed by atoms with Crippen molar-refractivity contribution < 1.29 is 9.84 Å². The molecule has 1 saturated heterocycles. The molecule has 0 spiro atoms. The zero-order valence-corrected chi connectivity index (χ0v) is 11.7. The molecule has 1 fully saturated rings. The molecule has 2 rings (SSSR count). The van der Waals surface area contributed by atoms with Crippen molar-refractivity contribution in [1.82, 2.24) is 0 Å². The molecule has 3 heteroatoms. The number of phenolic OH excluding ortho intramolecular Hbond substituents is 1. The van der Waals surface area contributed by atoms with Crippen LogP contribution in [0.1, 0.15) is 34.1 Å². The van der Waals surface area contributed by atoms with E-state index in [4.69, 9.17) is 4.74 Å². The molecule has 0 radical (unpaired) electrons. The second kappa shape index (κ2) is 4.21. The number of rotatable bonds is 2. The molecular weight excluding hydrogens is 232 g/mol. The molecule has 1 heterocycles. The van der Waals surface area contributed by atoms with Crippen molar-refractivity contribution in [3.8, 4) is 5.75 Å². The van der Waals surface area contributed by atoms with E-state index in [1.54, 1.807) is 17.8 Å². The van der Waals surface area contributed by atoms with Crippen LogP contribution in [0, 0.1) is 0 Å². The smallest absolute Gasteiger partial charge is 0.129 e. The molecule has 0 aliphatic carbocycles. The van der Waals surface area contributed by atoms with E-state index < -0.39 is 0 Å². The highest BCUT2D eigenvalue weighted by molar-refractivity contribution is 8.00. The minimum absolute atomic E-state index is 0.0778. The second-order valence-corrected chi connectivity index (χ2v) is 6.99. The third kappa shape index (κ3) is 2.78. The van der Waals surface area contributed by atoms with Crippen molar-refractivity contribution in [3.63, 3.8) is 0 Å². The molecule has 1 aliphatic rings. The topological polar surface area (TPSA) is 29.5 Å². The molecule has 2 nitrogen and oxygen atoms in total. The van der Waals surface area contributed by atoms with E-state index in [9.17, 15) is 5.11 Å². The summed E-state index contributed by atoms with van der Waals surface area (Å²) in [4.78, 5) is 0.937. The Labute approximate surface area is 107 Å². The van der Waals surface area contributed by atoms with E-state index in [1.165, 1.54) is 0 Å². The molecule has 1 atom stereocenters. The fourth-order valence-corrected chi connectivity index (χ4v) is 3.87. The van der Waals surface area contributed by atoms with Crippen molar-refractivity contribution in [3.05, 3.63) is 24.3 Å². The Morgan fingerprint density at radius 2 is 1.88 bits per heavy atom. The van der Waals surface area contributed by atoms with E-state index >= 15 is 0 Å². The van der Waals surface area contributed by atoms with Gasteiger partial charge in [0.05, 0.1) is 11.2 Å². The van der Waals surface area contributed by atoms with E-state index in [0.29, 0.717) is 11.0 Å². The van der Waals surface area contributed by atoms with Gasteiger partial charge in [0, 0.05) is 10.1 Å². The highest BCUT2D eigenvalue weighted by atomic mass is 32.2. The van der Waals surface area contributed by atoms with Crippen LogP contribution in [-0.2, 0) is 4.74 Å².